The molecule has 12 heavy (non-hydrogen) atoms. The van der Waals surface area contributed by atoms with Crippen LogP contribution >= 0.6 is 0 Å². The Morgan fingerprint density at radius 1 is 1.08 bits per heavy atom. The molecule has 0 radical (unpaired) electrons. The third kappa shape index (κ3) is 80.5. The summed E-state index contributed by atoms with van der Waals surface area (Å²) in [6.45, 7) is 8.47. The van der Waals surface area contributed by atoms with E-state index in [2.05, 4.69) is 36.7 Å². The summed E-state index contributed by atoms with van der Waals surface area (Å²) in [6, 6.07) is 0. The minimum absolute atomic E-state index is 0. The van der Waals surface area contributed by atoms with Crippen molar-refractivity contribution >= 4 is 19.4 Å². The van der Waals surface area contributed by atoms with E-state index in [-0.39, 0.29) is 26.8 Å². The predicted molar refractivity (Wildman–Crippen MR) is 69.6 cm³/mol. The van der Waals surface area contributed by atoms with E-state index < -0.39 is 0 Å². The monoisotopic (exact) mass is 210 g/mol. The Bertz CT molecular complexity index is 42.0. The molecule has 80 valence electrons. The zero-order valence-electron chi connectivity index (χ0n) is 9.36. The molecular weight excluding hydrogens is 180 g/mol. The van der Waals surface area contributed by atoms with Crippen LogP contribution in [-0.4, -0.2) is 45.1 Å². The Labute approximate surface area is 84.9 Å². The Morgan fingerprint density at radius 2 is 1.25 bits per heavy atom. The van der Waals surface area contributed by atoms with Gasteiger partial charge in [-0.2, -0.15) is 0 Å². The highest BCUT2D eigenvalue weighted by molar-refractivity contribution is 6.29. The first-order valence-electron chi connectivity index (χ1n) is 4.48. The summed E-state index contributed by atoms with van der Waals surface area (Å²) >= 11 is 0. The number of nitrogens with one attached hydrogen (secondary N) is 1. The Balaban J connectivity index is -0.0000000419. The molecule has 0 aromatic carbocycles. The average molecular weight is 211 g/mol. The van der Waals surface area contributed by atoms with Gasteiger partial charge in [-0.1, -0.05) is 34.4 Å². The number of hydrogen-bond donors (Lipinski definition) is 1. The topological polar surface area (TPSA) is 15.3 Å². The third-order valence-corrected chi connectivity index (χ3v) is 2.96. The van der Waals surface area contributed by atoms with Gasteiger partial charge >= 0.3 is 0 Å². The van der Waals surface area contributed by atoms with Crippen molar-refractivity contribution in [3.63, 3.8) is 0 Å². The van der Waals surface area contributed by atoms with Crippen LogP contribution in [0.2, 0.25) is 13.1 Å². The number of nitrogens with zero attached hydrogens (tertiary/aromatic N) is 1. The van der Waals surface area contributed by atoms with Crippen molar-refractivity contribution in [1.82, 2.24) is 9.55 Å². The van der Waals surface area contributed by atoms with Crippen LogP contribution < -0.4 is 4.98 Å². The highest BCUT2D eigenvalue weighted by Crippen LogP contribution is 1.60. The van der Waals surface area contributed by atoms with Crippen LogP contribution in [0.25, 0.3) is 0 Å². The summed E-state index contributed by atoms with van der Waals surface area (Å²) in [5, 5.41) is 0. The lowest BCUT2D eigenvalue weighted by Crippen LogP contribution is -2.12. The van der Waals surface area contributed by atoms with Gasteiger partial charge in [0.15, 0.2) is 0 Å². The van der Waals surface area contributed by atoms with Crippen molar-refractivity contribution in [3.05, 3.63) is 0 Å². The minimum atomic E-state index is 0. The molecule has 0 heterocycles. The van der Waals surface area contributed by atoms with Crippen molar-refractivity contribution in [2.75, 3.05) is 21.1 Å². The maximum atomic E-state index is 3.07. The Hall–Kier alpha value is 0.354. The lowest BCUT2D eigenvalue weighted by molar-refractivity contribution is 0.665. The lowest BCUT2D eigenvalue weighted by atomic mass is 11.0. The molecule has 0 saturated heterocycles. The van der Waals surface area contributed by atoms with Crippen LogP contribution in [0.5, 0.6) is 0 Å². The molecule has 0 rings (SSSR count). The lowest BCUT2D eigenvalue weighted by Gasteiger charge is -1.99. The van der Waals surface area contributed by atoms with Gasteiger partial charge in [-0.3, -0.25) is 0 Å². The highest BCUT2D eigenvalue weighted by atomic mass is 28.2. The molecule has 0 fully saturated rings. The zero-order chi connectivity index (χ0) is 9.70. The SMILES string of the molecule is C.CC.CN[SiH2]C.C[SiH2]N(C)C. The molecule has 0 bridgehead atoms. The van der Waals surface area contributed by atoms with Crippen molar-refractivity contribution in [3.8, 4) is 0 Å². The van der Waals surface area contributed by atoms with Crippen molar-refractivity contribution < 1.29 is 0 Å². The van der Waals surface area contributed by atoms with E-state index in [1.807, 2.05) is 20.9 Å². The standard InChI is InChI=1S/C3H11NSi.C2H9NSi.C2H6.CH4/c1-4(2)5-3;1-3-4-2;1-2;/h5H2,1-3H3;3H,4H2,1-2H3;1-2H3;1H4. The fraction of sp³-hybridized carbons (Fsp3) is 1.00. The van der Waals surface area contributed by atoms with E-state index in [0.717, 1.165) is 0 Å². The van der Waals surface area contributed by atoms with Gasteiger partial charge in [-0.15, -0.1) is 0 Å². The Morgan fingerprint density at radius 3 is 1.25 bits per heavy atom. The summed E-state index contributed by atoms with van der Waals surface area (Å²) in [5.74, 6) is 0. The van der Waals surface area contributed by atoms with Crippen LogP contribution in [-0.2, 0) is 0 Å². The van der Waals surface area contributed by atoms with Gasteiger partial charge in [-0.05, 0) is 21.1 Å². The van der Waals surface area contributed by atoms with E-state index in [4.69, 9.17) is 0 Å². The molecule has 4 heteroatoms. The number of rotatable bonds is 2. The first-order chi connectivity index (χ1) is 5.18. The molecule has 0 atom stereocenters. The van der Waals surface area contributed by atoms with Crippen LogP contribution in [0, 0.1) is 0 Å². The molecule has 2 nitrogen and oxygen atoms in total. The summed E-state index contributed by atoms with van der Waals surface area (Å²) in [6.07, 6.45) is 0. The van der Waals surface area contributed by atoms with Crippen LogP contribution in [0.4, 0.5) is 0 Å². The van der Waals surface area contributed by atoms with Crippen LogP contribution in [0.1, 0.15) is 21.3 Å². The summed E-state index contributed by atoms with van der Waals surface area (Å²) in [7, 11) is 6.58. The van der Waals surface area contributed by atoms with Crippen LogP contribution in [0.15, 0.2) is 0 Å². The van der Waals surface area contributed by atoms with Gasteiger partial charge in [-0.25, -0.2) is 0 Å². The fourth-order valence-corrected chi connectivity index (χ4v) is 0. The first kappa shape index (κ1) is 22.8. The van der Waals surface area contributed by atoms with Crippen molar-refractivity contribution in [2.24, 2.45) is 0 Å². The maximum Gasteiger partial charge on any atom is 0.0913 e. The third-order valence-electron chi connectivity index (χ3n) is 0.986. The Kier molecular flexibility index (Phi) is 57.3. The molecule has 0 aliphatic carbocycles. The molecular formula is C8H30N2Si2. The molecule has 1 N–H and O–H groups in total. The normalized spacial score (nSPS) is 9.00. The van der Waals surface area contributed by atoms with E-state index in [1.54, 1.807) is 0 Å². The van der Waals surface area contributed by atoms with E-state index in [0.29, 0.717) is 0 Å². The molecule has 0 aromatic rings. The number of hydrogen-bond acceptors (Lipinski definition) is 2. The van der Waals surface area contributed by atoms with Gasteiger partial charge in [0, 0.05) is 0 Å². The fourth-order valence-electron chi connectivity index (χ4n) is 0. The van der Waals surface area contributed by atoms with E-state index in [9.17, 15) is 0 Å². The van der Waals surface area contributed by atoms with Gasteiger partial charge in [0.25, 0.3) is 0 Å². The van der Waals surface area contributed by atoms with E-state index >= 15 is 0 Å². The second kappa shape index (κ2) is 30.1. The van der Waals surface area contributed by atoms with Gasteiger partial charge in [0.05, 0.1) is 19.4 Å². The smallest absolute Gasteiger partial charge is 0.0913 e. The van der Waals surface area contributed by atoms with Crippen LogP contribution in [0.3, 0.4) is 0 Å². The first-order valence-corrected chi connectivity index (χ1v) is 8.65. The summed E-state index contributed by atoms with van der Waals surface area (Å²) in [5.41, 5.74) is 0. The molecule has 0 aromatic heterocycles. The quantitative estimate of drug-likeness (QED) is 0.675. The summed E-state index contributed by atoms with van der Waals surface area (Å²) < 4.78 is 2.26. The van der Waals surface area contributed by atoms with Crippen molar-refractivity contribution in [2.45, 2.75) is 34.4 Å². The van der Waals surface area contributed by atoms with Crippen molar-refractivity contribution in [1.29, 1.82) is 0 Å². The minimum Gasteiger partial charge on any atom is -0.345 e. The van der Waals surface area contributed by atoms with Gasteiger partial charge in [0.1, 0.15) is 0 Å². The molecule has 0 amide bonds. The molecule has 0 spiro atoms. The zero-order valence-corrected chi connectivity index (χ0v) is 12.2. The predicted octanol–water partition coefficient (Wildman–Crippen LogP) is 0.680. The van der Waals surface area contributed by atoms with E-state index in [1.165, 1.54) is 0 Å². The largest absolute Gasteiger partial charge is 0.345 e. The average Bonchev–Trinajstić information content (AvgIpc) is 2.08. The second-order valence-electron chi connectivity index (χ2n) is 2.10. The highest BCUT2D eigenvalue weighted by Gasteiger charge is 1.73. The van der Waals surface area contributed by atoms with Gasteiger partial charge in [0.2, 0.25) is 0 Å². The maximum absolute atomic E-state index is 3.07. The molecule has 0 aliphatic heterocycles. The molecule has 0 aliphatic rings. The second-order valence-corrected chi connectivity index (χ2v) is 5.41. The molecule has 0 saturated carbocycles. The summed E-state index contributed by atoms with van der Waals surface area (Å²) in [4.78, 5) is 3.07. The van der Waals surface area contributed by atoms with Gasteiger partial charge < -0.3 is 9.55 Å². The molecule has 0 unspecified atom stereocenters.